The van der Waals surface area contributed by atoms with E-state index in [1.54, 1.807) is 142 Å². The number of benzodiazepines with no additional fused rings is 2. The number of ether oxygens (including phenoxy) is 3. The first kappa shape index (κ1) is 64.2. The summed E-state index contributed by atoms with van der Waals surface area (Å²) in [5, 5.41) is 22.7. The lowest BCUT2D eigenvalue weighted by atomic mass is 10.0. The molecule has 88 heavy (non-hydrogen) atoms. The molecular weight excluding hydrogens is 1130 g/mol. The number of para-hydroxylation sites is 2. The van der Waals surface area contributed by atoms with E-state index in [0.29, 0.717) is 51.3 Å². The van der Waals surface area contributed by atoms with E-state index in [4.69, 9.17) is 25.1 Å². The molecule has 6 aromatic rings. The molecule has 25 heteroatoms. The molecule has 454 valence electrons. The summed E-state index contributed by atoms with van der Waals surface area (Å²) in [7, 11) is 0. The second-order valence-electron chi connectivity index (χ2n) is 20.4. The minimum absolute atomic E-state index is 0.0359. The van der Waals surface area contributed by atoms with Gasteiger partial charge in [-0.15, -0.1) is 0 Å². The average molecular weight is 1200 g/mol. The fourth-order valence-electron chi connectivity index (χ4n) is 8.79. The Morgan fingerprint density at radius 1 is 0.591 bits per heavy atom. The Bertz CT molecular complexity index is 3580. The van der Waals surface area contributed by atoms with Gasteiger partial charge in [0.15, 0.2) is 0 Å². The highest BCUT2D eigenvalue weighted by Gasteiger charge is 2.37. The van der Waals surface area contributed by atoms with Crippen LogP contribution in [-0.4, -0.2) is 126 Å². The van der Waals surface area contributed by atoms with E-state index < -0.39 is 103 Å². The lowest BCUT2D eigenvalue weighted by molar-refractivity contribution is -0.155. The monoisotopic (exact) mass is 1200 g/mol. The molecule has 0 bridgehead atoms. The molecule has 25 nitrogen and oxygen atoms in total. The number of fused-ring (bicyclic) bond motifs is 2. The summed E-state index contributed by atoms with van der Waals surface area (Å²) in [5.41, 5.74) is 11.7. The smallest absolute Gasteiger partial charge is 0.409 e. The standard InChI is InChI=1S/C34H37N7O7.C29H26N4O7/c1-34(2,3)48-28(43)18-24(19-36-40-32(35)45)37-27(42)20-41-26-17-11-10-16-25(26)29(23-14-8-5-9-15-23)38-30(31(41)44)39-33(46)47-21-22-12-6-4-7-13-22;34-17-21(15-25(36)37)30-24(35)16-33-23-14-8-7-13-22(23)26(20-11-5-2-6-12-20)31-27(28(33)38)32-29(39)40-18-19-9-3-1-4-10-19/h4-17,19,24,30H,18,20-21H2,1-3H3,(H,37,42)(H,39,46)(H3,35,40,45);1-14,17,21,27H,15-16,18H2,(H,30,35)(H,32,39)(H,36,37)/b36-19+;/t24-,30?;21-,27?/m00/s1. The molecule has 0 aromatic heterocycles. The van der Waals surface area contributed by atoms with E-state index >= 15 is 0 Å². The fourth-order valence-corrected chi connectivity index (χ4v) is 8.79. The number of nitrogens with two attached hydrogens (primary N) is 1. The van der Waals surface area contributed by atoms with Crippen molar-refractivity contribution in [2.24, 2.45) is 20.8 Å². The number of primary amides is 1. The SMILES string of the molecule is CC(C)(C)OC(=O)C[C@@H](/C=N/NC(N)=O)NC(=O)CN1C(=O)C(NC(=O)OCc2ccccc2)N=C(c2ccccc2)c2ccccc21.O=C[C@H](CC(=O)O)NC(=O)CN1C(=O)C(NC(=O)OCc2ccccc2)N=C(c2ccccc2)c2ccccc21. The Labute approximate surface area is 505 Å². The summed E-state index contributed by atoms with van der Waals surface area (Å²) in [5.74, 6) is -4.82. The number of carboxylic acid groups (broad SMARTS) is 1. The number of anilines is 2. The predicted octanol–water partition coefficient (Wildman–Crippen LogP) is 5.28. The van der Waals surface area contributed by atoms with Crippen LogP contribution in [0.3, 0.4) is 0 Å². The maximum absolute atomic E-state index is 14.1. The molecule has 2 aliphatic rings. The van der Waals surface area contributed by atoms with Gasteiger partial charge in [-0.1, -0.05) is 158 Å². The van der Waals surface area contributed by atoms with Crippen molar-refractivity contribution in [3.05, 3.63) is 203 Å². The topological polar surface area (TPSA) is 348 Å². The van der Waals surface area contributed by atoms with Crippen LogP contribution < -0.4 is 42.2 Å². The Kier molecular flexibility index (Phi) is 22.6. The summed E-state index contributed by atoms with van der Waals surface area (Å²) in [6.07, 6.45) is -4.23. The Hall–Kier alpha value is -11.4. The Morgan fingerprint density at radius 3 is 1.39 bits per heavy atom. The van der Waals surface area contributed by atoms with Gasteiger partial charge in [0.25, 0.3) is 11.8 Å². The van der Waals surface area contributed by atoms with Crippen LogP contribution in [0.2, 0.25) is 0 Å². The van der Waals surface area contributed by atoms with Crippen LogP contribution in [0.5, 0.6) is 0 Å². The van der Waals surface area contributed by atoms with E-state index in [0.717, 1.165) is 22.2 Å². The number of hydrogen-bond acceptors (Lipinski definition) is 16. The molecule has 8 N–H and O–H groups in total. The molecule has 0 spiro atoms. The van der Waals surface area contributed by atoms with Crippen molar-refractivity contribution >= 4 is 89.1 Å². The molecule has 4 atom stereocenters. The van der Waals surface area contributed by atoms with Crippen LogP contribution >= 0.6 is 0 Å². The number of rotatable bonds is 21. The number of nitrogens with one attached hydrogen (secondary N) is 5. The highest BCUT2D eigenvalue weighted by Crippen LogP contribution is 2.30. The maximum atomic E-state index is 14.1. The third kappa shape index (κ3) is 19.1. The van der Waals surface area contributed by atoms with Crippen LogP contribution in [0.4, 0.5) is 25.8 Å². The Morgan fingerprint density at radius 2 is 0.989 bits per heavy atom. The van der Waals surface area contributed by atoms with E-state index in [-0.39, 0.29) is 19.6 Å². The highest BCUT2D eigenvalue weighted by molar-refractivity contribution is 6.22. The normalized spacial score (nSPS) is 15.0. The zero-order chi connectivity index (χ0) is 63.2. The molecule has 0 fully saturated rings. The van der Waals surface area contributed by atoms with Crippen LogP contribution in [0, 0.1) is 0 Å². The first-order valence-corrected chi connectivity index (χ1v) is 27.3. The quantitative estimate of drug-likeness (QED) is 0.0159. The van der Waals surface area contributed by atoms with Gasteiger partial charge in [-0.25, -0.2) is 29.8 Å². The number of carbonyl (C=O) groups excluding carboxylic acids is 9. The zero-order valence-electron chi connectivity index (χ0n) is 47.9. The third-order valence-corrected chi connectivity index (χ3v) is 12.5. The number of amides is 8. The van der Waals surface area contributed by atoms with Gasteiger partial charge in [-0.3, -0.25) is 49.2 Å². The molecule has 2 heterocycles. The Balaban J connectivity index is 0.000000255. The van der Waals surface area contributed by atoms with Gasteiger partial charge in [0, 0.05) is 28.5 Å². The van der Waals surface area contributed by atoms with Gasteiger partial charge < -0.3 is 40.5 Å². The van der Waals surface area contributed by atoms with Gasteiger partial charge >= 0.3 is 30.2 Å². The second-order valence-corrected chi connectivity index (χ2v) is 20.4. The number of hydrazone groups is 1. The van der Waals surface area contributed by atoms with Crippen molar-refractivity contribution in [2.75, 3.05) is 22.9 Å². The number of aliphatic imine (C=N–C) groups is 2. The largest absolute Gasteiger partial charge is 0.481 e. The molecule has 8 amide bonds. The molecular formula is C63H63N11O14. The molecule has 2 unspecified atom stereocenters. The summed E-state index contributed by atoms with van der Waals surface area (Å²) in [4.78, 5) is 137. The summed E-state index contributed by atoms with van der Waals surface area (Å²) in [6, 6.07) is 46.5. The minimum Gasteiger partial charge on any atom is -0.481 e. The fraction of sp³-hybridized carbons (Fsp3) is 0.222. The second kappa shape index (κ2) is 31.0. The van der Waals surface area contributed by atoms with Crippen LogP contribution in [0.25, 0.3) is 0 Å². The molecule has 2 aliphatic heterocycles. The van der Waals surface area contributed by atoms with Crippen LogP contribution in [-0.2, 0) is 61.0 Å². The third-order valence-electron chi connectivity index (χ3n) is 12.5. The molecule has 0 saturated carbocycles. The molecule has 0 saturated heterocycles. The molecule has 8 rings (SSSR count). The van der Waals surface area contributed by atoms with Gasteiger partial charge in [0.2, 0.25) is 24.1 Å². The number of nitrogens with zero attached hydrogens (tertiary/aromatic N) is 5. The average Bonchev–Trinajstić information content (AvgIpc) is 1.84. The minimum atomic E-state index is -1.47. The number of esters is 1. The summed E-state index contributed by atoms with van der Waals surface area (Å²) in [6.45, 7) is 3.90. The van der Waals surface area contributed by atoms with Gasteiger partial charge in [-0.2, -0.15) is 5.10 Å². The van der Waals surface area contributed by atoms with E-state index in [2.05, 4.69) is 36.4 Å². The highest BCUT2D eigenvalue weighted by atomic mass is 16.6. The first-order valence-electron chi connectivity index (χ1n) is 27.3. The van der Waals surface area contributed by atoms with Gasteiger partial charge in [0.1, 0.15) is 38.2 Å². The van der Waals surface area contributed by atoms with Crippen molar-refractivity contribution in [2.45, 2.75) is 76.8 Å². The summed E-state index contributed by atoms with van der Waals surface area (Å²) >= 11 is 0. The van der Waals surface area contributed by atoms with E-state index in [1.165, 1.54) is 4.90 Å². The lowest BCUT2D eigenvalue weighted by Gasteiger charge is -2.26. The lowest BCUT2D eigenvalue weighted by Crippen LogP contribution is -2.51. The number of aliphatic carboxylic acids is 1. The van der Waals surface area contributed by atoms with Crippen molar-refractivity contribution < 1.29 is 67.3 Å². The van der Waals surface area contributed by atoms with Gasteiger partial charge in [0.05, 0.1) is 47.7 Å². The van der Waals surface area contributed by atoms with Gasteiger partial charge in [-0.05, 0) is 44.0 Å². The van der Waals surface area contributed by atoms with Crippen LogP contribution in [0.15, 0.2) is 185 Å². The van der Waals surface area contributed by atoms with E-state index in [9.17, 15) is 47.9 Å². The van der Waals surface area contributed by atoms with Crippen molar-refractivity contribution in [3.8, 4) is 0 Å². The van der Waals surface area contributed by atoms with Crippen LogP contribution in [0.1, 0.15) is 67.0 Å². The number of benzene rings is 6. The number of hydrogen-bond donors (Lipinski definition) is 7. The number of urea groups is 1. The molecule has 0 aliphatic carbocycles. The number of alkyl carbamates (subject to hydrolysis) is 2. The number of carbonyl (C=O) groups is 10. The first-order chi connectivity index (χ1) is 42.2. The summed E-state index contributed by atoms with van der Waals surface area (Å²) < 4.78 is 16.0. The van der Waals surface area contributed by atoms with Crippen molar-refractivity contribution in [1.82, 2.24) is 26.7 Å². The van der Waals surface area contributed by atoms with E-state index in [1.807, 2.05) is 54.0 Å². The molecule has 6 aromatic carbocycles. The van der Waals surface area contributed by atoms with Crippen molar-refractivity contribution in [3.63, 3.8) is 0 Å². The zero-order valence-corrected chi connectivity index (χ0v) is 47.9. The molecule has 0 radical (unpaired) electrons. The number of carboxylic acids is 1. The maximum Gasteiger partial charge on any atom is 0.409 e. The predicted molar refractivity (Wildman–Crippen MR) is 323 cm³/mol. The van der Waals surface area contributed by atoms with Crippen molar-refractivity contribution in [1.29, 1.82) is 0 Å². The number of aldehydes is 1.